The first-order valence-corrected chi connectivity index (χ1v) is 7.17. The van der Waals surface area contributed by atoms with Crippen LogP contribution in [0.15, 0.2) is 18.2 Å². The van der Waals surface area contributed by atoms with Crippen LogP contribution in [-0.2, 0) is 9.59 Å². The minimum absolute atomic E-state index is 0.154. The lowest BCUT2D eigenvalue weighted by Crippen LogP contribution is -2.50. The Morgan fingerprint density at radius 2 is 2.14 bits per heavy atom. The Morgan fingerprint density at radius 3 is 2.81 bits per heavy atom. The van der Waals surface area contributed by atoms with Gasteiger partial charge in [-0.05, 0) is 37.9 Å². The van der Waals surface area contributed by atoms with Crippen molar-refractivity contribution >= 4 is 23.2 Å². The molecule has 1 fully saturated rings. The summed E-state index contributed by atoms with van der Waals surface area (Å²) in [6.07, 6.45) is 2.66. The lowest BCUT2D eigenvalue weighted by molar-refractivity contribution is -0.126. The minimum atomic E-state index is -0.363. The molecule has 1 heterocycles. The van der Waals surface area contributed by atoms with Crippen molar-refractivity contribution in [2.45, 2.75) is 32.2 Å². The number of aryl methyl sites for hydroxylation is 1. The first-order valence-electron chi connectivity index (χ1n) is 7.17. The molecule has 1 aliphatic heterocycles. The summed E-state index contributed by atoms with van der Waals surface area (Å²) in [5.41, 5.74) is 13.4. The van der Waals surface area contributed by atoms with Crippen molar-refractivity contribution in [3.05, 3.63) is 23.8 Å². The number of hydrogen-bond acceptors (Lipinski definition) is 4. The van der Waals surface area contributed by atoms with Crippen molar-refractivity contribution in [2.24, 2.45) is 5.73 Å². The van der Waals surface area contributed by atoms with Gasteiger partial charge in [0.15, 0.2) is 0 Å². The molecule has 0 bridgehead atoms. The number of nitrogen functional groups attached to an aromatic ring is 1. The van der Waals surface area contributed by atoms with Gasteiger partial charge in [-0.15, -0.1) is 0 Å². The number of nitrogens with zero attached hydrogens (tertiary/aromatic N) is 1. The number of carbonyl (C=O) groups excluding carboxylic acids is 2. The smallest absolute Gasteiger partial charge is 0.238 e. The van der Waals surface area contributed by atoms with E-state index in [1.165, 1.54) is 0 Å². The Labute approximate surface area is 124 Å². The fourth-order valence-electron chi connectivity index (χ4n) is 2.73. The summed E-state index contributed by atoms with van der Waals surface area (Å²) in [5.74, 6) is -0.540. The summed E-state index contributed by atoms with van der Waals surface area (Å²) in [4.78, 5) is 25.5. The van der Waals surface area contributed by atoms with Crippen molar-refractivity contribution < 1.29 is 9.59 Å². The van der Waals surface area contributed by atoms with Crippen molar-refractivity contribution in [1.82, 2.24) is 4.90 Å². The summed E-state index contributed by atoms with van der Waals surface area (Å²) in [6, 6.07) is 5.13. The van der Waals surface area contributed by atoms with E-state index in [0.29, 0.717) is 17.9 Å². The highest BCUT2D eigenvalue weighted by Crippen LogP contribution is 2.23. The van der Waals surface area contributed by atoms with Gasteiger partial charge in [0, 0.05) is 0 Å². The molecule has 1 unspecified atom stereocenters. The monoisotopic (exact) mass is 290 g/mol. The van der Waals surface area contributed by atoms with Crippen molar-refractivity contribution in [3.8, 4) is 0 Å². The average molecular weight is 290 g/mol. The van der Waals surface area contributed by atoms with Crippen LogP contribution in [-0.4, -0.2) is 35.8 Å². The largest absolute Gasteiger partial charge is 0.397 e. The standard InChI is InChI=1S/C15H22N4O2/c1-10-5-4-6-11(16)14(10)18-13(20)9-19-8-3-2-7-12(19)15(17)21/h4-6,12H,2-3,7-9,16H2,1H3,(H2,17,21)(H,18,20). The van der Waals surface area contributed by atoms with E-state index in [4.69, 9.17) is 11.5 Å². The van der Waals surface area contributed by atoms with Crippen LogP contribution in [0, 0.1) is 6.92 Å². The van der Waals surface area contributed by atoms with Gasteiger partial charge in [0.05, 0.1) is 24.0 Å². The molecule has 6 heteroatoms. The van der Waals surface area contributed by atoms with Crippen LogP contribution in [0.2, 0.25) is 0 Å². The highest BCUT2D eigenvalue weighted by molar-refractivity contribution is 5.96. The number of anilines is 2. The van der Waals surface area contributed by atoms with Gasteiger partial charge in [0.2, 0.25) is 11.8 Å². The lowest BCUT2D eigenvalue weighted by Gasteiger charge is -2.32. The second-order valence-electron chi connectivity index (χ2n) is 5.47. The Hall–Kier alpha value is -2.08. The number of nitrogens with one attached hydrogen (secondary N) is 1. The molecule has 0 aromatic heterocycles. The van der Waals surface area contributed by atoms with Crippen molar-refractivity contribution in [3.63, 3.8) is 0 Å². The van der Waals surface area contributed by atoms with Gasteiger partial charge in [-0.1, -0.05) is 18.6 Å². The third-order valence-corrected chi connectivity index (χ3v) is 3.86. The van der Waals surface area contributed by atoms with Crippen molar-refractivity contribution in [1.29, 1.82) is 0 Å². The molecular formula is C15H22N4O2. The van der Waals surface area contributed by atoms with Crippen LogP contribution in [0.5, 0.6) is 0 Å². The van der Waals surface area contributed by atoms with Gasteiger partial charge in [0.25, 0.3) is 0 Å². The summed E-state index contributed by atoms with van der Waals surface area (Å²) < 4.78 is 0. The van der Waals surface area contributed by atoms with Crippen LogP contribution >= 0.6 is 0 Å². The number of hydrogen-bond donors (Lipinski definition) is 3. The second-order valence-corrected chi connectivity index (χ2v) is 5.47. The van der Waals surface area contributed by atoms with E-state index < -0.39 is 0 Å². The van der Waals surface area contributed by atoms with Gasteiger partial charge in [-0.3, -0.25) is 14.5 Å². The zero-order valence-corrected chi connectivity index (χ0v) is 12.3. The highest BCUT2D eigenvalue weighted by Gasteiger charge is 2.28. The van der Waals surface area contributed by atoms with E-state index in [2.05, 4.69) is 5.32 Å². The molecule has 1 aromatic carbocycles. The molecule has 6 nitrogen and oxygen atoms in total. The van der Waals surface area contributed by atoms with Crippen LogP contribution in [0.4, 0.5) is 11.4 Å². The minimum Gasteiger partial charge on any atom is -0.397 e. The lowest BCUT2D eigenvalue weighted by atomic mass is 10.0. The molecule has 0 spiro atoms. The number of para-hydroxylation sites is 1. The van der Waals surface area contributed by atoms with Crippen LogP contribution in [0.1, 0.15) is 24.8 Å². The zero-order chi connectivity index (χ0) is 15.4. The zero-order valence-electron chi connectivity index (χ0n) is 12.3. The summed E-state index contributed by atoms with van der Waals surface area (Å²) in [6.45, 7) is 2.75. The molecular weight excluding hydrogens is 268 g/mol. The Kier molecular flexibility index (Phi) is 4.80. The molecule has 114 valence electrons. The molecule has 2 rings (SSSR count). The average Bonchev–Trinajstić information content (AvgIpc) is 2.43. The molecule has 0 aliphatic carbocycles. The Morgan fingerprint density at radius 1 is 1.38 bits per heavy atom. The first-order chi connectivity index (χ1) is 9.99. The van der Waals surface area contributed by atoms with E-state index in [-0.39, 0.29) is 24.4 Å². The second kappa shape index (κ2) is 6.58. The maximum atomic E-state index is 12.2. The number of primary amides is 1. The normalized spacial score (nSPS) is 19.2. The number of carbonyl (C=O) groups is 2. The number of benzene rings is 1. The molecule has 5 N–H and O–H groups in total. The van der Waals surface area contributed by atoms with E-state index in [9.17, 15) is 9.59 Å². The predicted octanol–water partition coefficient (Wildman–Crippen LogP) is 0.856. The molecule has 1 atom stereocenters. The number of amides is 2. The van der Waals surface area contributed by atoms with Gasteiger partial charge >= 0.3 is 0 Å². The SMILES string of the molecule is Cc1cccc(N)c1NC(=O)CN1CCCCC1C(N)=O. The maximum absolute atomic E-state index is 12.2. The van der Waals surface area contributed by atoms with Gasteiger partial charge < -0.3 is 16.8 Å². The Bertz CT molecular complexity index is 524. The molecule has 1 aromatic rings. The molecule has 1 aliphatic rings. The van der Waals surface area contributed by atoms with Crippen LogP contribution in [0.3, 0.4) is 0 Å². The van der Waals surface area contributed by atoms with Crippen LogP contribution < -0.4 is 16.8 Å². The first kappa shape index (κ1) is 15.3. The van der Waals surface area contributed by atoms with Gasteiger partial charge in [-0.25, -0.2) is 0 Å². The van der Waals surface area contributed by atoms with E-state index in [1.54, 1.807) is 6.07 Å². The molecule has 0 saturated carbocycles. The predicted molar refractivity (Wildman–Crippen MR) is 82.6 cm³/mol. The molecule has 21 heavy (non-hydrogen) atoms. The number of likely N-dealkylation sites (tertiary alicyclic amines) is 1. The Balaban J connectivity index is 2.02. The molecule has 1 saturated heterocycles. The summed E-state index contributed by atoms with van der Waals surface area (Å²) in [7, 11) is 0. The molecule has 2 amide bonds. The highest BCUT2D eigenvalue weighted by atomic mass is 16.2. The summed E-state index contributed by atoms with van der Waals surface area (Å²) in [5, 5.41) is 2.83. The van der Waals surface area contributed by atoms with E-state index in [1.807, 2.05) is 24.0 Å². The maximum Gasteiger partial charge on any atom is 0.238 e. The number of rotatable bonds is 4. The quantitative estimate of drug-likeness (QED) is 0.716. The van der Waals surface area contributed by atoms with E-state index >= 15 is 0 Å². The topological polar surface area (TPSA) is 101 Å². The number of nitrogens with two attached hydrogens (primary N) is 2. The number of piperidine rings is 1. The fourth-order valence-corrected chi connectivity index (χ4v) is 2.73. The van der Waals surface area contributed by atoms with Gasteiger partial charge in [0.1, 0.15) is 0 Å². The van der Waals surface area contributed by atoms with Crippen molar-refractivity contribution in [2.75, 3.05) is 24.1 Å². The van der Waals surface area contributed by atoms with E-state index in [0.717, 1.165) is 24.8 Å². The third-order valence-electron chi connectivity index (χ3n) is 3.86. The van der Waals surface area contributed by atoms with Crippen LogP contribution in [0.25, 0.3) is 0 Å². The molecule has 0 radical (unpaired) electrons. The summed E-state index contributed by atoms with van der Waals surface area (Å²) >= 11 is 0. The van der Waals surface area contributed by atoms with Gasteiger partial charge in [-0.2, -0.15) is 0 Å². The third kappa shape index (κ3) is 3.72. The fraction of sp³-hybridized carbons (Fsp3) is 0.467.